The lowest BCUT2D eigenvalue weighted by molar-refractivity contribution is 0.0697. The molecule has 0 spiro atoms. The van der Waals surface area contributed by atoms with E-state index in [0.29, 0.717) is 24.5 Å². The fourth-order valence-electron chi connectivity index (χ4n) is 3.29. The summed E-state index contributed by atoms with van der Waals surface area (Å²) < 4.78 is 38.3. The number of hydrogen-bond acceptors (Lipinski definition) is 7. The molecule has 1 heterocycles. The number of methoxy groups -OCH3 is 2. The van der Waals surface area contributed by atoms with Gasteiger partial charge in [0.2, 0.25) is 0 Å². The van der Waals surface area contributed by atoms with Gasteiger partial charge in [-0.1, -0.05) is 0 Å². The Morgan fingerprint density at radius 3 is 2.27 bits per heavy atom. The highest BCUT2D eigenvalue weighted by molar-refractivity contribution is 7.92. The summed E-state index contributed by atoms with van der Waals surface area (Å²) in [4.78, 5) is 16.0. The molecule has 1 fully saturated rings. The smallest absolute Gasteiger partial charge is 0.337 e. The minimum atomic E-state index is -3.96. The molecule has 0 unspecified atom stereocenters. The Labute approximate surface area is 175 Å². The first-order valence-electron chi connectivity index (χ1n) is 9.31. The van der Waals surface area contributed by atoms with Crippen molar-refractivity contribution in [3.05, 3.63) is 42.0 Å². The highest BCUT2D eigenvalue weighted by atomic mass is 32.2. The maximum Gasteiger partial charge on any atom is 0.337 e. The molecule has 3 rings (SSSR count). The Bertz CT molecular complexity index is 1030. The van der Waals surface area contributed by atoms with Crippen molar-refractivity contribution in [1.29, 1.82) is 0 Å². The number of sulfonamides is 1. The third kappa shape index (κ3) is 4.60. The minimum Gasteiger partial charge on any atom is -0.493 e. The van der Waals surface area contributed by atoms with Crippen LogP contribution in [0.1, 0.15) is 10.4 Å². The van der Waals surface area contributed by atoms with Crippen LogP contribution in [-0.4, -0.2) is 71.8 Å². The van der Waals surface area contributed by atoms with Crippen molar-refractivity contribution in [1.82, 2.24) is 4.90 Å². The minimum absolute atomic E-state index is 0.0276. The van der Waals surface area contributed by atoms with E-state index in [0.717, 1.165) is 13.1 Å². The van der Waals surface area contributed by atoms with Gasteiger partial charge in [0.05, 0.1) is 30.4 Å². The molecule has 0 aromatic heterocycles. The second-order valence-corrected chi connectivity index (χ2v) is 8.63. The number of nitrogens with one attached hydrogen (secondary N) is 1. The van der Waals surface area contributed by atoms with Gasteiger partial charge in [-0.25, -0.2) is 13.2 Å². The largest absolute Gasteiger partial charge is 0.493 e. The van der Waals surface area contributed by atoms with Gasteiger partial charge >= 0.3 is 5.97 Å². The quantitative estimate of drug-likeness (QED) is 0.679. The topological polar surface area (TPSA) is 108 Å². The van der Waals surface area contributed by atoms with Gasteiger partial charge in [0, 0.05) is 37.9 Å². The molecule has 9 nitrogen and oxygen atoms in total. The summed E-state index contributed by atoms with van der Waals surface area (Å²) in [7, 11) is 0.931. The lowest BCUT2D eigenvalue weighted by Gasteiger charge is -2.34. The predicted octanol–water partition coefficient (Wildman–Crippen LogP) is 1.95. The fraction of sp³-hybridized carbons (Fsp3) is 0.350. The van der Waals surface area contributed by atoms with Crippen LogP contribution in [0.2, 0.25) is 0 Å². The lowest BCUT2D eigenvalue weighted by Crippen LogP contribution is -2.45. The van der Waals surface area contributed by atoms with Gasteiger partial charge in [-0.05, 0) is 37.4 Å². The van der Waals surface area contributed by atoms with Crippen molar-refractivity contribution < 1.29 is 27.8 Å². The maximum absolute atomic E-state index is 12.8. The monoisotopic (exact) mass is 435 g/mol. The van der Waals surface area contributed by atoms with Crippen LogP contribution in [0.3, 0.4) is 0 Å². The molecule has 0 atom stereocenters. The summed E-state index contributed by atoms with van der Waals surface area (Å²) in [6, 6.07) is 8.78. The van der Waals surface area contributed by atoms with E-state index in [4.69, 9.17) is 9.47 Å². The van der Waals surface area contributed by atoms with Gasteiger partial charge in [0.25, 0.3) is 10.0 Å². The van der Waals surface area contributed by atoms with Crippen LogP contribution in [0, 0.1) is 0 Å². The number of hydrogen-bond donors (Lipinski definition) is 2. The van der Waals surface area contributed by atoms with Crippen molar-refractivity contribution in [2.45, 2.75) is 4.90 Å². The molecule has 10 heteroatoms. The second-order valence-electron chi connectivity index (χ2n) is 6.95. The first-order chi connectivity index (χ1) is 14.2. The van der Waals surface area contributed by atoms with Gasteiger partial charge < -0.3 is 24.4 Å². The van der Waals surface area contributed by atoms with Crippen LogP contribution in [0.5, 0.6) is 11.5 Å². The summed E-state index contributed by atoms with van der Waals surface area (Å²) in [6.45, 7) is 3.06. The van der Waals surface area contributed by atoms with Crippen molar-refractivity contribution in [3.8, 4) is 11.5 Å². The molecule has 1 aliphatic heterocycles. The number of benzene rings is 2. The summed E-state index contributed by atoms with van der Waals surface area (Å²) in [5.41, 5.74) is 0.789. The Morgan fingerprint density at radius 2 is 1.67 bits per heavy atom. The average molecular weight is 436 g/mol. The molecule has 162 valence electrons. The highest BCUT2D eigenvalue weighted by Crippen LogP contribution is 2.31. The average Bonchev–Trinajstić information content (AvgIpc) is 2.73. The van der Waals surface area contributed by atoms with Crippen molar-refractivity contribution in [2.24, 2.45) is 0 Å². The van der Waals surface area contributed by atoms with E-state index in [-0.39, 0.29) is 21.9 Å². The summed E-state index contributed by atoms with van der Waals surface area (Å²) in [6.07, 6.45) is 0. The van der Waals surface area contributed by atoms with E-state index in [1.165, 1.54) is 38.5 Å². The van der Waals surface area contributed by atoms with E-state index in [9.17, 15) is 18.3 Å². The van der Waals surface area contributed by atoms with Gasteiger partial charge in [-0.3, -0.25) is 4.72 Å². The fourth-order valence-corrected chi connectivity index (χ4v) is 4.36. The number of nitrogens with zero attached hydrogens (tertiary/aromatic N) is 2. The zero-order valence-corrected chi connectivity index (χ0v) is 17.9. The lowest BCUT2D eigenvalue weighted by atomic mass is 10.1. The number of likely N-dealkylation sites (N-methyl/N-ethyl adjacent to an activating group) is 1. The molecule has 2 aromatic rings. The SMILES string of the molecule is COc1ccc(S(=O)(=O)Nc2ccc(N3CCN(C)CC3)c(C(=O)O)c2)cc1OC. The van der Waals surface area contributed by atoms with Gasteiger partial charge in [-0.2, -0.15) is 0 Å². The number of ether oxygens (including phenoxy) is 2. The van der Waals surface area contributed by atoms with E-state index in [1.54, 1.807) is 12.1 Å². The van der Waals surface area contributed by atoms with Crippen molar-refractivity contribution >= 4 is 27.4 Å². The number of carboxylic acid groups (broad SMARTS) is 1. The third-order valence-electron chi connectivity index (χ3n) is 4.99. The molecule has 0 radical (unpaired) electrons. The normalized spacial score (nSPS) is 15.0. The number of carboxylic acids is 1. The molecule has 0 saturated carbocycles. The molecule has 1 aliphatic rings. The number of carbonyl (C=O) groups is 1. The first kappa shape index (κ1) is 21.7. The van der Waals surface area contributed by atoms with E-state index >= 15 is 0 Å². The summed E-state index contributed by atoms with van der Waals surface area (Å²) in [5.74, 6) is -0.436. The molecular weight excluding hydrogens is 410 g/mol. The Morgan fingerprint density at radius 1 is 1.00 bits per heavy atom. The number of aromatic carboxylic acids is 1. The van der Waals surface area contributed by atoms with Gasteiger partial charge in [0.15, 0.2) is 11.5 Å². The summed E-state index contributed by atoms with van der Waals surface area (Å²) in [5, 5.41) is 9.67. The Hall–Kier alpha value is -2.98. The Kier molecular flexibility index (Phi) is 6.37. The van der Waals surface area contributed by atoms with Gasteiger partial charge in [-0.15, -0.1) is 0 Å². The molecular formula is C20H25N3O6S. The van der Waals surface area contributed by atoms with E-state index in [2.05, 4.69) is 9.62 Å². The van der Waals surface area contributed by atoms with Crippen LogP contribution in [0.15, 0.2) is 41.3 Å². The maximum atomic E-state index is 12.8. The van der Waals surface area contributed by atoms with Crippen LogP contribution in [-0.2, 0) is 10.0 Å². The van der Waals surface area contributed by atoms with Crippen LogP contribution in [0.4, 0.5) is 11.4 Å². The zero-order chi connectivity index (χ0) is 21.9. The van der Waals surface area contributed by atoms with Crippen LogP contribution in [0.25, 0.3) is 0 Å². The molecule has 2 N–H and O–H groups in total. The Balaban J connectivity index is 1.89. The second kappa shape index (κ2) is 8.80. The highest BCUT2D eigenvalue weighted by Gasteiger charge is 2.22. The van der Waals surface area contributed by atoms with Crippen molar-refractivity contribution in [3.63, 3.8) is 0 Å². The summed E-state index contributed by atoms with van der Waals surface area (Å²) >= 11 is 0. The molecule has 0 bridgehead atoms. The number of rotatable bonds is 7. The van der Waals surface area contributed by atoms with E-state index < -0.39 is 16.0 Å². The van der Waals surface area contributed by atoms with Crippen molar-refractivity contribution in [2.75, 3.05) is 57.1 Å². The standard InChI is InChI=1S/C20H25N3O6S/c1-22-8-10-23(11-9-22)17-6-4-14(12-16(17)20(24)25)21-30(26,27)15-5-7-18(28-2)19(13-15)29-3/h4-7,12-13,21H,8-11H2,1-3H3,(H,24,25). The van der Waals surface area contributed by atoms with Crippen LogP contribution < -0.4 is 19.1 Å². The molecule has 1 saturated heterocycles. The molecule has 30 heavy (non-hydrogen) atoms. The van der Waals surface area contributed by atoms with Gasteiger partial charge in [0.1, 0.15) is 0 Å². The molecule has 0 amide bonds. The van der Waals surface area contributed by atoms with Crippen LogP contribution >= 0.6 is 0 Å². The predicted molar refractivity (Wildman–Crippen MR) is 113 cm³/mol. The number of piperazine rings is 1. The molecule has 2 aromatic carbocycles. The first-order valence-corrected chi connectivity index (χ1v) is 10.8. The third-order valence-corrected chi connectivity index (χ3v) is 6.37. The molecule has 0 aliphatic carbocycles. The zero-order valence-electron chi connectivity index (χ0n) is 17.1. The van der Waals surface area contributed by atoms with E-state index in [1.807, 2.05) is 11.9 Å². The number of anilines is 2.